The maximum atomic E-state index is 13.5. The van der Waals surface area contributed by atoms with Crippen LogP contribution in [0.2, 0.25) is 0 Å². The number of amides is 7. The van der Waals surface area contributed by atoms with Gasteiger partial charge in [0, 0.05) is 157 Å². The molecule has 8 aromatic heterocycles. The number of methoxy groups -OCH3 is 1. The molecule has 744 valence electrons. The van der Waals surface area contributed by atoms with E-state index in [1.165, 1.54) is 22.6 Å². The summed E-state index contributed by atoms with van der Waals surface area (Å²) >= 11 is 0. The van der Waals surface area contributed by atoms with Crippen molar-refractivity contribution >= 4 is 115 Å². The fourth-order valence-corrected chi connectivity index (χ4v) is 17.8. The van der Waals surface area contributed by atoms with E-state index in [1.807, 2.05) is 75.2 Å². The summed E-state index contributed by atoms with van der Waals surface area (Å²) in [5, 5.41) is 32.3. The number of aromatic amines is 2. The Bertz CT molecular complexity index is 6530. The van der Waals surface area contributed by atoms with Crippen molar-refractivity contribution in [3.63, 3.8) is 0 Å². The number of nitrogens with one attached hydrogen (secondary N) is 6. The summed E-state index contributed by atoms with van der Waals surface area (Å²) in [4.78, 5) is 152. The van der Waals surface area contributed by atoms with Crippen LogP contribution in [0.3, 0.4) is 0 Å². The second kappa shape index (κ2) is 47.7. The maximum Gasteiger partial charge on any atom is 0.326 e. The molecule has 4 aliphatic heterocycles. The molecular weight excluding hydrogens is 1810 g/mol. The van der Waals surface area contributed by atoms with Crippen LogP contribution in [-0.2, 0) is 107 Å². The van der Waals surface area contributed by atoms with Gasteiger partial charge in [-0.2, -0.15) is 20.2 Å². The number of aromatic nitrogens is 12. The standard InChI is InChI=1S/C48H54N10O9.C26H26N6O4.C23H31N3O7.CH3F.2CH4/c1-5-58-39(24-36(55-58)29-9-10-29)51-44-42-34-21-26(2)33(41-27(3)56-67-28(41)4)23-37(34)50-43(42)53-45(54-44)47(62)49-14-16-65-18-20-66-19-17-64-15-13-31(59)22-30-7-6-8-32-35(30)25-57(48(32)63)38-11-12-40(60)52-46(38)61;1-5-32-16(8-19(30-32)15-6-7-15)9-21-24-17-11-22(34-4)18(23-13(2)31-36-14(23)3)10-20(17)27-25(24)29-26(28-21)35-12-33;24-7-9-32-11-13-33-12-10-31-8-6-17(27)14-16-2-1-3-18-19(16)15-26(23(18)30)20-4-5-21(28)25-22(20)29;1-2;;/h6-8,21,23-24,29,38H,5,9-20,22,25H2,1-4H3,(H,49,62)(H,52,60,61)(H2,50,51,53,54);8,10-12,15H,5-7,9H2,1-4H3,(H,27,28,29);1-3,20H,4-15,24H2,(H,25,28,29);1H3;2*1H4/i;;;1D;;. The number of carbonyl (C=O) groups is 10. The number of nitrogens with zero attached hydrogens (tertiary/aromatic N) is 12. The summed E-state index contributed by atoms with van der Waals surface area (Å²) in [6.07, 6.45) is 6.88. The normalized spacial score (nSPS) is 15.5. The molecule has 0 spiro atoms. The molecule has 18 rings (SSSR count). The Kier molecular flexibility index (Phi) is 34.8. The second-order valence-corrected chi connectivity index (χ2v) is 34.3. The van der Waals surface area contributed by atoms with E-state index in [9.17, 15) is 52.3 Å². The lowest BCUT2D eigenvalue weighted by Crippen LogP contribution is -2.52. The molecule has 2 saturated carbocycles. The van der Waals surface area contributed by atoms with Crippen LogP contribution in [0.25, 0.3) is 66.1 Å². The van der Waals surface area contributed by atoms with Crippen LogP contribution in [-0.4, -0.2) is 248 Å². The molecule has 0 radical (unpaired) electrons. The molecule has 2 aliphatic carbocycles. The first-order chi connectivity index (χ1) is 67.4. The van der Waals surface area contributed by atoms with Gasteiger partial charge in [0.2, 0.25) is 29.5 Å². The van der Waals surface area contributed by atoms with Gasteiger partial charge in [-0.3, -0.25) is 67.7 Å². The van der Waals surface area contributed by atoms with Gasteiger partial charge in [-0.05, 0) is 163 Å². The highest BCUT2D eigenvalue weighted by molar-refractivity contribution is 6.14. The molecular formula is C100H122FN19O20. The fraction of sp³-hybridized carbons (Fsp3) is 0.460. The van der Waals surface area contributed by atoms with Crippen LogP contribution < -0.4 is 36.5 Å². The number of ether oxygens (including phenoxy) is 8. The number of imide groups is 2. The number of aryl methyl sites for hydroxylation is 7. The fourth-order valence-electron chi connectivity index (χ4n) is 17.8. The van der Waals surface area contributed by atoms with Crippen molar-refractivity contribution in [2.45, 2.75) is 197 Å². The number of carbonyl (C=O) groups excluding carboxylic acids is 10. The monoisotopic (exact) mass is 1930 g/mol. The van der Waals surface area contributed by atoms with Crippen LogP contribution in [0, 0.1) is 34.6 Å². The molecule has 12 aromatic rings. The molecule has 2 saturated heterocycles. The van der Waals surface area contributed by atoms with E-state index >= 15 is 0 Å². The number of piperidine rings is 2. The number of alkyl halides is 1. The van der Waals surface area contributed by atoms with Gasteiger partial charge in [0.15, 0.2) is 0 Å². The topological polar surface area (TPSA) is 496 Å². The Morgan fingerprint density at radius 1 is 0.586 bits per heavy atom. The number of hydrogen-bond donors (Lipinski definition) is 7. The number of fused-ring (bicyclic) bond motifs is 8. The Hall–Kier alpha value is -13.8. The highest BCUT2D eigenvalue weighted by Gasteiger charge is 2.43. The first-order valence-electron chi connectivity index (χ1n) is 47.1. The average Bonchev–Trinajstić information content (AvgIpc) is 1.60. The lowest BCUT2D eigenvalue weighted by molar-refractivity contribution is -0.138. The summed E-state index contributed by atoms with van der Waals surface area (Å²) in [5.41, 5.74) is 22.4. The molecule has 7 amide bonds. The lowest BCUT2D eigenvalue weighted by atomic mass is 9.97. The number of anilines is 2. The van der Waals surface area contributed by atoms with Gasteiger partial charge >= 0.3 is 12.5 Å². The minimum atomic E-state index is -1.00. The molecule has 4 fully saturated rings. The SMILES string of the molecule is C.C.CCn1nc(C2CC2)cc1Cc1nc(OC=O)nc2[nH]c3cc(-c4c(C)noc4C)c(OC)cc3c12.CCn1nc(C2CC2)cc1Nc1nc(C(=O)NCCOCCOCCOCCC(=O)Cc2cccc3c2CN(C2CCC(=O)NC2=O)C3=O)nc2[nH]c3cc(-c4c(C)noc4C)c(C)cc3c12.NCCOCCOCCOCCC(=O)Cc1cccc2c1CN(C1CCC(=O)NC1=O)C2=O.[2H]CF. The highest BCUT2D eigenvalue weighted by atomic mass is 19.1. The number of benzene rings is 4. The van der Waals surface area contributed by atoms with E-state index in [2.05, 4.69) is 82.7 Å². The van der Waals surface area contributed by atoms with Gasteiger partial charge in [0.25, 0.3) is 17.7 Å². The molecule has 40 heteroatoms. The summed E-state index contributed by atoms with van der Waals surface area (Å²) < 4.78 is 74.1. The van der Waals surface area contributed by atoms with Crippen molar-refractivity contribution in [2.75, 3.05) is 112 Å². The molecule has 2 unspecified atom stereocenters. The third-order valence-corrected chi connectivity index (χ3v) is 24.9. The minimum absolute atomic E-state index is 0. The number of halogens is 1. The molecule has 0 bridgehead atoms. The van der Waals surface area contributed by atoms with E-state index in [0.29, 0.717) is 150 Å². The van der Waals surface area contributed by atoms with Gasteiger partial charge in [0.05, 0.1) is 134 Å². The number of Topliss-reactive ketones (excluding diaryl/α,β-unsaturated/α-hetero) is 2. The van der Waals surface area contributed by atoms with Crippen molar-refractivity contribution < 1.29 is 101 Å². The van der Waals surface area contributed by atoms with Gasteiger partial charge in [-0.1, -0.05) is 49.4 Å². The summed E-state index contributed by atoms with van der Waals surface area (Å²) in [6.45, 7) is 21.0. The van der Waals surface area contributed by atoms with E-state index in [-0.39, 0.29) is 140 Å². The number of H-pyrrole nitrogens is 2. The predicted molar refractivity (Wildman–Crippen MR) is 515 cm³/mol. The summed E-state index contributed by atoms with van der Waals surface area (Å²) in [5.74, 6) is 1.84. The predicted octanol–water partition coefficient (Wildman–Crippen LogP) is 11.7. The summed E-state index contributed by atoms with van der Waals surface area (Å²) in [7, 11) is 0.643. The Labute approximate surface area is 809 Å². The molecule has 140 heavy (non-hydrogen) atoms. The number of ketones is 2. The van der Waals surface area contributed by atoms with Crippen molar-refractivity contribution in [1.29, 1.82) is 0 Å². The molecule has 2 atom stereocenters. The van der Waals surface area contributed by atoms with Crippen LogP contribution in [0.1, 0.15) is 211 Å². The van der Waals surface area contributed by atoms with Crippen LogP contribution in [0.15, 0.2) is 81.8 Å². The molecule has 8 N–H and O–H groups in total. The lowest BCUT2D eigenvalue weighted by Gasteiger charge is -2.29. The number of hydrogen-bond acceptors (Lipinski definition) is 30. The van der Waals surface area contributed by atoms with Crippen molar-refractivity contribution in [3.05, 3.63) is 163 Å². The van der Waals surface area contributed by atoms with Crippen molar-refractivity contribution in [3.8, 4) is 34.0 Å². The Balaban J connectivity index is 0.000000190. The second-order valence-electron chi connectivity index (χ2n) is 34.3. The highest BCUT2D eigenvalue weighted by Crippen LogP contribution is 2.45. The minimum Gasteiger partial charge on any atom is -0.496 e. The molecule has 12 heterocycles. The number of rotatable bonds is 43. The van der Waals surface area contributed by atoms with E-state index in [4.69, 9.17) is 74.2 Å². The third kappa shape index (κ3) is 24.0. The van der Waals surface area contributed by atoms with Crippen LogP contribution >= 0.6 is 0 Å². The van der Waals surface area contributed by atoms with Crippen LogP contribution in [0.4, 0.5) is 16.0 Å². The Morgan fingerprint density at radius 2 is 1.08 bits per heavy atom. The number of nitrogens with two attached hydrogens (primary N) is 1. The first-order valence-corrected chi connectivity index (χ1v) is 46.4. The smallest absolute Gasteiger partial charge is 0.326 e. The van der Waals surface area contributed by atoms with Crippen LogP contribution in [0.5, 0.6) is 11.8 Å². The summed E-state index contributed by atoms with van der Waals surface area (Å²) in [6, 6.07) is 21.6. The largest absolute Gasteiger partial charge is 0.496 e. The quantitative estimate of drug-likeness (QED) is 0.0106. The molecule has 39 nitrogen and oxygen atoms in total. The van der Waals surface area contributed by atoms with Gasteiger partial charge in [0.1, 0.15) is 63.9 Å². The molecule has 6 aliphatic rings. The maximum absolute atomic E-state index is 13.5. The average molecular weight is 1930 g/mol. The van der Waals surface area contributed by atoms with Gasteiger partial charge in [-0.15, -0.1) is 0 Å². The van der Waals surface area contributed by atoms with E-state index in [1.54, 1.807) is 31.4 Å². The van der Waals surface area contributed by atoms with Gasteiger partial charge < -0.3 is 83.1 Å². The molecule has 4 aromatic carbocycles. The first kappa shape index (κ1) is 102. The van der Waals surface area contributed by atoms with Crippen molar-refractivity contribution in [2.24, 2.45) is 5.73 Å². The van der Waals surface area contributed by atoms with E-state index < -0.39 is 37.0 Å². The van der Waals surface area contributed by atoms with E-state index in [0.717, 1.165) is 148 Å². The zero-order chi connectivity index (χ0) is 98.1. The Morgan fingerprint density at radius 3 is 1.58 bits per heavy atom. The third-order valence-electron chi connectivity index (χ3n) is 24.9. The van der Waals surface area contributed by atoms with Crippen molar-refractivity contribution in [1.82, 2.24) is 85.5 Å². The zero-order valence-corrected chi connectivity index (χ0v) is 78.4. The van der Waals surface area contributed by atoms with Gasteiger partial charge in [-0.25, -0.2) is 14.6 Å². The zero-order valence-electron chi connectivity index (χ0n) is 79.4.